The minimum absolute atomic E-state index is 0.0253. The van der Waals surface area contributed by atoms with E-state index in [1.54, 1.807) is 20.8 Å². The van der Waals surface area contributed by atoms with Crippen molar-refractivity contribution in [3.8, 4) is 11.1 Å². The van der Waals surface area contributed by atoms with Gasteiger partial charge in [-0.25, -0.2) is 14.4 Å². The molecule has 2 aromatic carbocycles. The molecule has 0 bridgehead atoms. The molecule has 1 aliphatic carbocycles. The number of rotatable bonds is 8. The van der Waals surface area contributed by atoms with Crippen molar-refractivity contribution in [3.63, 3.8) is 0 Å². The smallest absolute Gasteiger partial charge is 0.444 e. The van der Waals surface area contributed by atoms with Gasteiger partial charge < -0.3 is 25.3 Å². The number of nitrogens with one attached hydrogen (secondary N) is 1. The highest BCUT2D eigenvalue weighted by atomic mass is 16.7. The standard InChI is InChI=1S/C26H32N2O6/c1-26(2,3)34-24(30)28-22(14-8-9-15-27)23(29)33-25(31)32-16-21-19-12-6-4-10-17(19)18-11-5-7-13-20(18)21/h4-7,10-13,21-22H,8-9,14-16,27H2,1-3H3,(H,28,30)/t22-/m0/s1. The molecule has 0 spiro atoms. The fourth-order valence-electron chi connectivity index (χ4n) is 3.97. The van der Waals surface area contributed by atoms with Gasteiger partial charge >= 0.3 is 18.2 Å². The summed E-state index contributed by atoms with van der Waals surface area (Å²) in [6, 6.07) is 14.8. The summed E-state index contributed by atoms with van der Waals surface area (Å²) in [7, 11) is 0. The number of esters is 1. The van der Waals surface area contributed by atoms with E-state index in [0.29, 0.717) is 19.4 Å². The van der Waals surface area contributed by atoms with Crippen LogP contribution < -0.4 is 11.1 Å². The van der Waals surface area contributed by atoms with Crippen LogP contribution in [-0.2, 0) is 19.0 Å². The van der Waals surface area contributed by atoms with Gasteiger partial charge in [0.15, 0.2) is 0 Å². The van der Waals surface area contributed by atoms with Gasteiger partial charge in [-0.2, -0.15) is 0 Å². The molecular weight excluding hydrogens is 436 g/mol. The van der Waals surface area contributed by atoms with Gasteiger partial charge in [-0.15, -0.1) is 0 Å². The molecular formula is C26H32N2O6. The molecule has 1 atom stereocenters. The third kappa shape index (κ3) is 6.57. The summed E-state index contributed by atoms with van der Waals surface area (Å²) in [5.74, 6) is -1.06. The van der Waals surface area contributed by atoms with Crippen LogP contribution in [0, 0.1) is 0 Å². The number of unbranched alkanes of at least 4 members (excludes halogenated alkanes) is 1. The number of amides is 1. The molecule has 0 saturated carbocycles. The second-order valence-electron chi connectivity index (χ2n) is 9.19. The number of carbonyl (C=O) groups is 3. The Morgan fingerprint density at radius 1 is 0.971 bits per heavy atom. The van der Waals surface area contributed by atoms with Crippen LogP contribution in [-0.4, -0.2) is 43.0 Å². The van der Waals surface area contributed by atoms with Crippen molar-refractivity contribution in [3.05, 3.63) is 59.7 Å². The maximum atomic E-state index is 12.6. The first-order valence-corrected chi connectivity index (χ1v) is 11.5. The second-order valence-corrected chi connectivity index (χ2v) is 9.19. The van der Waals surface area contributed by atoms with Crippen LogP contribution >= 0.6 is 0 Å². The molecule has 0 unspecified atom stereocenters. The lowest BCUT2D eigenvalue weighted by molar-refractivity contribution is -0.142. The first kappa shape index (κ1) is 25.2. The van der Waals surface area contributed by atoms with Crippen molar-refractivity contribution < 1.29 is 28.6 Å². The van der Waals surface area contributed by atoms with Crippen LogP contribution in [0.15, 0.2) is 48.5 Å². The number of ether oxygens (including phenoxy) is 3. The van der Waals surface area contributed by atoms with Gasteiger partial charge in [0.05, 0.1) is 0 Å². The molecule has 8 nitrogen and oxygen atoms in total. The lowest BCUT2D eigenvalue weighted by atomic mass is 9.98. The van der Waals surface area contributed by atoms with E-state index in [2.05, 4.69) is 5.32 Å². The number of hydrogen-bond acceptors (Lipinski definition) is 7. The predicted molar refractivity (Wildman–Crippen MR) is 127 cm³/mol. The molecule has 0 aromatic heterocycles. The number of hydrogen-bond donors (Lipinski definition) is 2. The number of carbonyl (C=O) groups excluding carboxylic acids is 3. The van der Waals surface area contributed by atoms with Crippen molar-refractivity contribution in [1.29, 1.82) is 0 Å². The van der Waals surface area contributed by atoms with Crippen molar-refractivity contribution in [2.75, 3.05) is 13.2 Å². The van der Waals surface area contributed by atoms with Crippen molar-refractivity contribution in [2.24, 2.45) is 5.73 Å². The maximum Gasteiger partial charge on any atom is 0.516 e. The Bertz CT molecular complexity index is 984. The van der Waals surface area contributed by atoms with Crippen molar-refractivity contribution in [2.45, 2.75) is 57.6 Å². The summed E-state index contributed by atoms with van der Waals surface area (Å²) in [6.45, 7) is 5.61. The van der Waals surface area contributed by atoms with Gasteiger partial charge in [0.2, 0.25) is 0 Å². The third-order valence-corrected chi connectivity index (χ3v) is 5.44. The van der Waals surface area contributed by atoms with E-state index in [9.17, 15) is 14.4 Å². The lowest BCUT2D eigenvalue weighted by Gasteiger charge is -2.22. The van der Waals surface area contributed by atoms with Gasteiger partial charge in [0, 0.05) is 5.92 Å². The van der Waals surface area contributed by atoms with Gasteiger partial charge in [0.25, 0.3) is 0 Å². The molecule has 2 aromatic rings. The Hall–Kier alpha value is -3.39. The molecule has 0 fully saturated rings. The molecule has 0 aliphatic heterocycles. The van der Waals surface area contributed by atoms with Crippen LogP contribution in [0.2, 0.25) is 0 Å². The van der Waals surface area contributed by atoms with Gasteiger partial charge in [-0.3, -0.25) is 0 Å². The SMILES string of the molecule is CC(C)(C)OC(=O)N[C@@H](CCCCN)C(=O)OC(=O)OCC1c2ccccc2-c2ccccc21. The van der Waals surface area contributed by atoms with Gasteiger partial charge in [0.1, 0.15) is 18.2 Å². The van der Waals surface area contributed by atoms with Crippen molar-refractivity contribution >= 4 is 18.2 Å². The van der Waals surface area contributed by atoms with E-state index in [0.717, 1.165) is 22.3 Å². The van der Waals surface area contributed by atoms with E-state index in [4.69, 9.17) is 19.9 Å². The summed E-state index contributed by atoms with van der Waals surface area (Å²) in [4.78, 5) is 37.1. The molecule has 182 valence electrons. The first-order valence-electron chi connectivity index (χ1n) is 11.5. The fourth-order valence-corrected chi connectivity index (χ4v) is 3.97. The van der Waals surface area contributed by atoms with E-state index in [-0.39, 0.29) is 18.9 Å². The molecule has 3 N–H and O–H groups in total. The van der Waals surface area contributed by atoms with Crippen LogP contribution in [0.5, 0.6) is 0 Å². The zero-order chi connectivity index (χ0) is 24.7. The average molecular weight is 469 g/mol. The summed E-state index contributed by atoms with van der Waals surface area (Å²) < 4.78 is 15.4. The quantitative estimate of drug-likeness (QED) is 0.333. The molecule has 3 rings (SSSR count). The number of fused-ring (bicyclic) bond motifs is 3. The summed E-state index contributed by atoms with van der Waals surface area (Å²) in [5, 5.41) is 2.48. The topological polar surface area (TPSA) is 117 Å². The Balaban J connectivity index is 1.61. The van der Waals surface area contributed by atoms with Gasteiger partial charge in [-0.1, -0.05) is 48.5 Å². The Kier molecular flexibility index (Phi) is 8.28. The summed E-state index contributed by atoms with van der Waals surface area (Å²) in [6.07, 6.45) is -0.399. The number of benzene rings is 2. The van der Waals surface area contributed by atoms with Crippen LogP contribution in [0.4, 0.5) is 9.59 Å². The molecule has 0 radical (unpaired) electrons. The first-order chi connectivity index (χ1) is 16.2. The third-order valence-electron chi connectivity index (χ3n) is 5.44. The van der Waals surface area contributed by atoms with Crippen LogP contribution in [0.3, 0.4) is 0 Å². The van der Waals surface area contributed by atoms with Gasteiger partial charge in [-0.05, 0) is 68.8 Å². The summed E-state index contributed by atoms with van der Waals surface area (Å²) in [5.41, 5.74) is 9.08. The highest BCUT2D eigenvalue weighted by molar-refractivity contribution is 5.88. The molecule has 1 amide bonds. The zero-order valence-electron chi connectivity index (χ0n) is 19.8. The normalized spacial score (nSPS) is 13.4. The minimum atomic E-state index is -1.11. The monoisotopic (exact) mass is 468 g/mol. The largest absolute Gasteiger partial charge is 0.516 e. The second kappa shape index (κ2) is 11.2. The molecule has 8 heteroatoms. The van der Waals surface area contributed by atoms with E-state index >= 15 is 0 Å². The highest BCUT2D eigenvalue weighted by Crippen LogP contribution is 2.44. The van der Waals surface area contributed by atoms with E-state index < -0.39 is 29.9 Å². The highest BCUT2D eigenvalue weighted by Gasteiger charge is 2.31. The van der Waals surface area contributed by atoms with Crippen molar-refractivity contribution in [1.82, 2.24) is 5.32 Å². The van der Waals surface area contributed by atoms with E-state index in [1.807, 2.05) is 48.5 Å². The fraction of sp³-hybridized carbons (Fsp3) is 0.423. The Morgan fingerprint density at radius 2 is 1.56 bits per heavy atom. The average Bonchev–Trinajstić information content (AvgIpc) is 3.09. The van der Waals surface area contributed by atoms with E-state index in [1.165, 1.54) is 0 Å². The maximum absolute atomic E-state index is 12.6. The summed E-state index contributed by atoms with van der Waals surface area (Å²) >= 11 is 0. The minimum Gasteiger partial charge on any atom is -0.444 e. The van der Waals surface area contributed by atoms with Crippen LogP contribution in [0.25, 0.3) is 11.1 Å². The number of alkyl carbamates (subject to hydrolysis) is 1. The molecule has 1 aliphatic rings. The lowest BCUT2D eigenvalue weighted by Crippen LogP contribution is -2.44. The number of nitrogens with two attached hydrogens (primary N) is 1. The Labute approximate surface area is 199 Å². The Morgan fingerprint density at radius 3 is 2.12 bits per heavy atom. The predicted octanol–water partition coefficient (Wildman–Crippen LogP) is 4.50. The van der Waals surface area contributed by atoms with Crippen LogP contribution in [0.1, 0.15) is 57.1 Å². The zero-order valence-corrected chi connectivity index (χ0v) is 19.8. The molecule has 34 heavy (non-hydrogen) atoms. The molecule has 0 saturated heterocycles. The molecule has 0 heterocycles.